The van der Waals surface area contributed by atoms with Crippen molar-refractivity contribution < 1.29 is 4.79 Å². The summed E-state index contributed by atoms with van der Waals surface area (Å²) in [6.45, 7) is 2.03. The number of rotatable bonds is 3. The Hall–Kier alpha value is -1.60. The maximum absolute atomic E-state index is 12.4. The monoisotopic (exact) mass is 270 g/mol. The van der Waals surface area contributed by atoms with Crippen molar-refractivity contribution in [2.45, 2.75) is 19.3 Å². The lowest BCUT2D eigenvalue weighted by molar-refractivity contribution is 0.0965. The van der Waals surface area contributed by atoms with Crippen LogP contribution in [0.15, 0.2) is 48.5 Å². The predicted octanol–water partition coefficient (Wildman–Crippen LogP) is 4.63. The number of Topliss-reactive ketones (excluding diaryl/α,β-unsaturated/α-hetero) is 1. The molecule has 1 nitrogen and oxygen atoms in total. The molecule has 96 valence electrons. The van der Waals surface area contributed by atoms with Gasteiger partial charge in [0.15, 0.2) is 5.78 Å². The van der Waals surface area contributed by atoms with E-state index < -0.39 is 0 Å². The Morgan fingerprint density at radius 2 is 1.89 bits per heavy atom. The summed E-state index contributed by atoms with van der Waals surface area (Å²) in [5.74, 6) is 0.721. The van der Waals surface area contributed by atoms with Crippen molar-refractivity contribution in [3.05, 3.63) is 70.2 Å². The van der Waals surface area contributed by atoms with E-state index in [1.807, 2.05) is 49.4 Å². The van der Waals surface area contributed by atoms with E-state index in [9.17, 15) is 4.79 Å². The van der Waals surface area contributed by atoms with Gasteiger partial charge in [-0.05, 0) is 37.0 Å². The highest BCUT2D eigenvalue weighted by atomic mass is 35.5. The van der Waals surface area contributed by atoms with E-state index in [1.165, 1.54) is 11.1 Å². The number of ketones is 1. The van der Waals surface area contributed by atoms with E-state index in [0.717, 1.165) is 17.0 Å². The number of halogens is 1. The SMILES string of the molecule is Cc1ccc(C(=O)C2CC2c2cccc(Cl)c2)cc1. The first-order chi connectivity index (χ1) is 9.15. The fraction of sp³-hybridized carbons (Fsp3) is 0.235. The van der Waals surface area contributed by atoms with Crippen LogP contribution < -0.4 is 0 Å². The molecule has 19 heavy (non-hydrogen) atoms. The average Bonchev–Trinajstić information content (AvgIpc) is 3.19. The van der Waals surface area contributed by atoms with Gasteiger partial charge < -0.3 is 0 Å². The number of hydrogen-bond acceptors (Lipinski definition) is 1. The summed E-state index contributed by atoms with van der Waals surface area (Å²) in [4.78, 5) is 12.4. The number of hydrogen-bond donors (Lipinski definition) is 0. The highest BCUT2D eigenvalue weighted by Gasteiger charge is 2.43. The minimum atomic E-state index is 0.126. The van der Waals surface area contributed by atoms with Gasteiger partial charge in [-0.15, -0.1) is 0 Å². The molecule has 1 fully saturated rings. The molecule has 0 heterocycles. The third-order valence-electron chi connectivity index (χ3n) is 3.74. The van der Waals surface area contributed by atoms with Crippen molar-refractivity contribution in [1.29, 1.82) is 0 Å². The molecule has 0 bridgehead atoms. The van der Waals surface area contributed by atoms with Gasteiger partial charge in [-0.25, -0.2) is 0 Å². The second-order valence-corrected chi connectivity index (χ2v) is 5.67. The minimum absolute atomic E-state index is 0.126. The van der Waals surface area contributed by atoms with E-state index in [4.69, 9.17) is 11.6 Å². The Bertz CT molecular complexity index is 615. The molecule has 0 aromatic heterocycles. The lowest BCUT2D eigenvalue weighted by atomic mass is 10.0. The van der Waals surface area contributed by atoms with Gasteiger partial charge in [-0.2, -0.15) is 0 Å². The van der Waals surface area contributed by atoms with Crippen molar-refractivity contribution in [2.75, 3.05) is 0 Å². The standard InChI is InChI=1S/C17H15ClO/c1-11-5-7-12(8-6-11)17(19)16-10-15(16)13-3-2-4-14(18)9-13/h2-9,15-16H,10H2,1H3. The third kappa shape index (κ3) is 2.57. The highest BCUT2D eigenvalue weighted by Crippen LogP contribution is 2.49. The molecule has 2 aromatic rings. The van der Waals surface area contributed by atoms with Gasteiger partial charge in [0.25, 0.3) is 0 Å². The predicted molar refractivity (Wildman–Crippen MR) is 77.8 cm³/mol. The van der Waals surface area contributed by atoms with Crippen molar-refractivity contribution >= 4 is 17.4 Å². The lowest BCUT2D eigenvalue weighted by Gasteiger charge is -2.02. The van der Waals surface area contributed by atoms with Crippen LogP contribution >= 0.6 is 11.6 Å². The smallest absolute Gasteiger partial charge is 0.166 e. The quantitative estimate of drug-likeness (QED) is 0.743. The van der Waals surface area contributed by atoms with E-state index in [1.54, 1.807) is 0 Å². The minimum Gasteiger partial charge on any atom is -0.294 e. The summed E-state index contributed by atoms with van der Waals surface area (Å²) < 4.78 is 0. The van der Waals surface area contributed by atoms with Gasteiger partial charge in [0.05, 0.1) is 0 Å². The highest BCUT2D eigenvalue weighted by molar-refractivity contribution is 6.30. The molecule has 0 amide bonds. The van der Waals surface area contributed by atoms with Crippen LogP contribution in [0.4, 0.5) is 0 Å². The molecule has 0 saturated heterocycles. The summed E-state index contributed by atoms with van der Waals surface area (Å²) in [5, 5.41) is 0.742. The van der Waals surface area contributed by atoms with Crippen molar-refractivity contribution in [1.82, 2.24) is 0 Å². The Morgan fingerprint density at radius 3 is 2.58 bits per heavy atom. The molecular formula is C17H15ClO. The van der Waals surface area contributed by atoms with E-state index >= 15 is 0 Å². The summed E-state index contributed by atoms with van der Waals surface area (Å²) >= 11 is 5.99. The molecule has 1 aliphatic carbocycles. The topological polar surface area (TPSA) is 17.1 Å². The Labute approximate surface area is 118 Å². The summed E-state index contributed by atoms with van der Waals surface area (Å²) in [5.41, 5.74) is 3.18. The molecule has 0 N–H and O–H groups in total. The molecule has 3 rings (SSSR count). The van der Waals surface area contributed by atoms with Crippen LogP contribution in [0, 0.1) is 12.8 Å². The molecule has 2 aromatic carbocycles. The van der Waals surface area contributed by atoms with E-state index in [0.29, 0.717) is 5.92 Å². The maximum Gasteiger partial charge on any atom is 0.166 e. The van der Waals surface area contributed by atoms with E-state index in [2.05, 4.69) is 6.07 Å². The zero-order valence-corrected chi connectivity index (χ0v) is 11.5. The number of aryl methyl sites for hydroxylation is 1. The van der Waals surface area contributed by atoms with Crippen LogP contribution in [0.1, 0.15) is 33.8 Å². The normalized spacial score (nSPS) is 21.2. The fourth-order valence-corrected chi connectivity index (χ4v) is 2.72. The first-order valence-electron chi connectivity index (χ1n) is 6.51. The van der Waals surface area contributed by atoms with Gasteiger partial charge in [-0.1, -0.05) is 53.6 Å². The van der Waals surface area contributed by atoms with Gasteiger partial charge in [0, 0.05) is 16.5 Å². The summed E-state index contributed by atoms with van der Waals surface area (Å²) in [7, 11) is 0. The number of carbonyl (C=O) groups excluding carboxylic acids is 1. The molecule has 0 spiro atoms. The van der Waals surface area contributed by atoms with Crippen LogP contribution in [0.25, 0.3) is 0 Å². The van der Waals surface area contributed by atoms with Gasteiger partial charge >= 0.3 is 0 Å². The molecule has 2 atom stereocenters. The maximum atomic E-state index is 12.4. The van der Waals surface area contributed by atoms with Gasteiger partial charge in [0.1, 0.15) is 0 Å². The van der Waals surface area contributed by atoms with Crippen molar-refractivity contribution in [3.8, 4) is 0 Å². The molecule has 1 aliphatic rings. The van der Waals surface area contributed by atoms with Crippen molar-refractivity contribution in [3.63, 3.8) is 0 Å². The van der Waals surface area contributed by atoms with Crippen LogP contribution in [-0.2, 0) is 0 Å². The second kappa shape index (κ2) is 4.82. The second-order valence-electron chi connectivity index (χ2n) is 5.23. The van der Waals surface area contributed by atoms with E-state index in [-0.39, 0.29) is 11.7 Å². The summed E-state index contributed by atoms with van der Waals surface area (Å²) in [6.07, 6.45) is 0.938. The van der Waals surface area contributed by atoms with Crippen LogP contribution in [-0.4, -0.2) is 5.78 Å². The number of benzene rings is 2. The fourth-order valence-electron chi connectivity index (χ4n) is 2.52. The lowest BCUT2D eigenvalue weighted by Crippen LogP contribution is -2.03. The number of carbonyl (C=O) groups is 1. The Kier molecular flexibility index (Phi) is 3.16. The first kappa shape index (κ1) is 12.4. The van der Waals surface area contributed by atoms with Crippen molar-refractivity contribution in [2.24, 2.45) is 5.92 Å². The van der Waals surface area contributed by atoms with Crippen LogP contribution in [0.2, 0.25) is 5.02 Å². The Morgan fingerprint density at radius 1 is 1.16 bits per heavy atom. The zero-order valence-electron chi connectivity index (χ0n) is 10.8. The average molecular weight is 271 g/mol. The van der Waals surface area contributed by atoms with Crippen LogP contribution in [0.5, 0.6) is 0 Å². The zero-order chi connectivity index (χ0) is 13.4. The van der Waals surface area contributed by atoms with Gasteiger partial charge in [-0.3, -0.25) is 4.79 Å². The van der Waals surface area contributed by atoms with Gasteiger partial charge in [0.2, 0.25) is 0 Å². The van der Waals surface area contributed by atoms with Crippen LogP contribution in [0.3, 0.4) is 0 Å². The summed E-state index contributed by atoms with van der Waals surface area (Å²) in [6, 6.07) is 15.7. The third-order valence-corrected chi connectivity index (χ3v) is 3.98. The molecule has 1 saturated carbocycles. The molecule has 0 aliphatic heterocycles. The first-order valence-corrected chi connectivity index (χ1v) is 6.89. The molecule has 2 unspecified atom stereocenters. The molecular weight excluding hydrogens is 256 g/mol. The Balaban J connectivity index is 1.76. The largest absolute Gasteiger partial charge is 0.294 e. The molecule has 2 heteroatoms. The molecule has 0 radical (unpaired) electrons.